The van der Waals surface area contributed by atoms with Crippen LogP contribution in [0.3, 0.4) is 0 Å². The molecule has 2 heterocycles. The van der Waals surface area contributed by atoms with Crippen LogP contribution in [0.5, 0.6) is 0 Å². The van der Waals surface area contributed by atoms with E-state index in [9.17, 15) is 18.0 Å². The van der Waals surface area contributed by atoms with Crippen molar-refractivity contribution in [3.63, 3.8) is 0 Å². The summed E-state index contributed by atoms with van der Waals surface area (Å²) in [6.45, 7) is 5.43. The lowest BCUT2D eigenvalue weighted by molar-refractivity contribution is -0.170. The summed E-state index contributed by atoms with van der Waals surface area (Å²) in [5.41, 5.74) is -2.10. The number of aryl methyl sites for hydroxylation is 1. The quantitative estimate of drug-likeness (QED) is 0.390. The summed E-state index contributed by atoms with van der Waals surface area (Å²) in [7, 11) is -2.22. The standard InChI is InChI=1S/C29H30N2O6S/c1-19-15-17-21(18-16-19)38(34,35)31-24(20-11-7-6-8-12-20)27(2)22-13-9-10-14-23(22)30-28(27,3)29(31,25(32)36-4)26(33)37-5/h6-18,24,30H,1-5H3/t24-,27+,28+/m0/s1. The lowest BCUT2D eigenvalue weighted by atomic mass is 9.61. The second-order valence-electron chi connectivity index (χ2n) is 10.1. The molecule has 2 aliphatic heterocycles. The predicted octanol–water partition coefficient (Wildman–Crippen LogP) is 3.97. The third kappa shape index (κ3) is 3.03. The molecule has 0 unspecified atom stereocenters. The van der Waals surface area contributed by atoms with Crippen molar-refractivity contribution in [1.82, 2.24) is 4.31 Å². The average Bonchev–Trinajstić information content (AvgIpc) is 3.26. The molecule has 198 valence electrons. The van der Waals surface area contributed by atoms with Crippen molar-refractivity contribution in [2.24, 2.45) is 0 Å². The van der Waals surface area contributed by atoms with Crippen molar-refractivity contribution in [2.75, 3.05) is 19.5 Å². The van der Waals surface area contributed by atoms with Crippen LogP contribution in [0, 0.1) is 6.92 Å². The van der Waals surface area contributed by atoms with Gasteiger partial charge in [-0.15, -0.1) is 0 Å². The van der Waals surface area contributed by atoms with E-state index in [2.05, 4.69) is 5.32 Å². The number of para-hydroxylation sites is 1. The highest BCUT2D eigenvalue weighted by molar-refractivity contribution is 7.89. The highest BCUT2D eigenvalue weighted by Gasteiger charge is 2.84. The first-order valence-corrected chi connectivity index (χ1v) is 13.7. The van der Waals surface area contributed by atoms with Gasteiger partial charge in [-0.1, -0.05) is 73.2 Å². The van der Waals surface area contributed by atoms with Crippen LogP contribution in [0.2, 0.25) is 0 Å². The van der Waals surface area contributed by atoms with Gasteiger partial charge in [0.05, 0.1) is 30.7 Å². The van der Waals surface area contributed by atoms with Crippen LogP contribution in [0.15, 0.2) is 83.8 Å². The van der Waals surface area contributed by atoms with E-state index in [0.717, 1.165) is 29.7 Å². The van der Waals surface area contributed by atoms with Crippen LogP contribution >= 0.6 is 0 Å². The van der Waals surface area contributed by atoms with Crippen LogP contribution in [0.1, 0.15) is 36.6 Å². The van der Waals surface area contributed by atoms with Gasteiger partial charge in [0.2, 0.25) is 10.0 Å². The number of carbonyl (C=O) groups excluding carboxylic acids is 2. The fraction of sp³-hybridized carbons (Fsp3) is 0.310. The van der Waals surface area contributed by atoms with Gasteiger partial charge < -0.3 is 14.8 Å². The normalized spacial score (nSPS) is 25.7. The molecule has 5 rings (SSSR count). The lowest BCUT2D eigenvalue weighted by Crippen LogP contribution is -2.72. The molecule has 0 radical (unpaired) electrons. The molecule has 1 fully saturated rings. The van der Waals surface area contributed by atoms with Crippen LogP contribution < -0.4 is 5.32 Å². The number of methoxy groups -OCH3 is 2. The number of nitrogens with one attached hydrogen (secondary N) is 1. The molecule has 1 N–H and O–H groups in total. The van der Waals surface area contributed by atoms with Crippen molar-refractivity contribution in [2.45, 2.75) is 48.2 Å². The molecule has 0 spiro atoms. The van der Waals surface area contributed by atoms with E-state index >= 15 is 0 Å². The summed E-state index contributed by atoms with van der Waals surface area (Å²) in [6, 6.07) is 21.8. The van der Waals surface area contributed by atoms with E-state index in [-0.39, 0.29) is 4.90 Å². The zero-order valence-corrected chi connectivity index (χ0v) is 22.7. The molecule has 3 aromatic carbocycles. The van der Waals surface area contributed by atoms with E-state index in [0.29, 0.717) is 11.3 Å². The molecule has 0 amide bonds. The number of rotatable bonds is 5. The SMILES string of the molecule is COC(=O)C1(C(=O)OC)N(S(=O)(=O)c2ccc(C)cc2)[C@@H](c2ccccc2)[C@@]2(C)c3ccccc3N[C@@]12C. The van der Waals surface area contributed by atoms with Crippen molar-refractivity contribution < 1.29 is 27.5 Å². The number of hydrogen-bond donors (Lipinski definition) is 1. The molecule has 3 aromatic rings. The van der Waals surface area contributed by atoms with Crippen molar-refractivity contribution in [1.29, 1.82) is 0 Å². The van der Waals surface area contributed by atoms with Crippen molar-refractivity contribution >= 4 is 27.6 Å². The van der Waals surface area contributed by atoms with Gasteiger partial charge in [-0.05, 0) is 43.2 Å². The number of benzene rings is 3. The fourth-order valence-corrected chi connectivity index (χ4v) is 8.47. The molecular formula is C29H30N2O6S. The van der Waals surface area contributed by atoms with Gasteiger partial charge in [0.15, 0.2) is 0 Å². The van der Waals surface area contributed by atoms with Gasteiger partial charge in [-0.25, -0.2) is 18.0 Å². The number of carbonyl (C=O) groups is 2. The molecule has 8 nitrogen and oxygen atoms in total. The van der Waals surface area contributed by atoms with Crippen LogP contribution in [0.25, 0.3) is 0 Å². The number of anilines is 1. The maximum absolute atomic E-state index is 14.7. The molecular weight excluding hydrogens is 504 g/mol. The molecule has 1 saturated heterocycles. The van der Waals surface area contributed by atoms with Crippen LogP contribution in [-0.2, 0) is 34.5 Å². The Hall–Kier alpha value is -3.69. The Kier molecular flexibility index (Phi) is 5.92. The number of fused-ring (bicyclic) bond motifs is 3. The minimum Gasteiger partial charge on any atom is -0.467 e. The second kappa shape index (κ2) is 8.68. The summed E-state index contributed by atoms with van der Waals surface area (Å²) < 4.78 is 40.9. The molecule has 0 aliphatic carbocycles. The van der Waals surface area contributed by atoms with Gasteiger partial charge in [0.1, 0.15) is 0 Å². The molecule has 2 aliphatic rings. The van der Waals surface area contributed by atoms with E-state index in [1.165, 1.54) is 12.1 Å². The summed E-state index contributed by atoms with van der Waals surface area (Å²) in [5.74, 6) is -2.07. The molecule has 0 bridgehead atoms. The number of sulfonamides is 1. The van der Waals surface area contributed by atoms with E-state index in [1.807, 2.05) is 44.2 Å². The van der Waals surface area contributed by atoms with Gasteiger partial charge in [0, 0.05) is 11.1 Å². The van der Waals surface area contributed by atoms with Crippen LogP contribution in [-0.4, -0.2) is 50.0 Å². The Labute approximate surface area is 222 Å². The fourth-order valence-electron chi connectivity index (χ4n) is 6.46. The lowest BCUT2D eigenvalue weighted by Gasteiger charge is -2.44. The van der Waals surface area contributed by atoms with Crippen molar-refractivity contribution in [3.05, 3.63) is 95.6 Å². The van der Waals surface area contributed by atoms with Gasteiger partial charge in [0.25, 0.3) is 5.54 Å². The second-order valence-corrected chi connectivity index (χ2v) is 11.9. The Bertz CT molecular complexity index is 1510. The summed E-state index contributed by atoms with van der Waals surface area (Å²) in [6.07, 6.45) is 0. The first kappa shape index (κ1) is 25.9. The first-order chi connectivity index (χ1) is 18.0. The molecule has 3 atom stereocenters. The minimum atomic E-state index is -4.50. The van der Waals surface area contributed by atoms with Gasteiger partial charge in [-0.3, -0.25) is 0 Å². The largest absolute Gasteiger partial charge is 0.467 e. The van der Waals surface area contributed by atoms with E-state index in [1.54, 1.807) is 43.3 Å². The maximum atomic E-state index is 14.7. The topological polar surface area (TPSA) is 102 Å². The monoisotopic (exact) mass is 534 g/mol. The summed E-state index contributed by atoms with van der Waals surface area (Å²) in [5, 5.41) is 3.39. The highest BCUT2D eigenvalue weighted by atomic mass is 32.2. The number of nitrogens with zero attached hydrogens (tertiary/aromatic N) is 1. The summed E-state index contributed by atoms with van der Waals surface area (Å²) >= 11 is 0. The van der Waals surface area contributed by atoms with E-state index < -0.39 is 44.5 Å². The Balaban J connectivity index is 1.97. The Morgan fingerprint density at radius 1 is 0.842 bits per heavy atom. The van der Waals surface area contributed by atoms with Gasteiger partial charge in [-0.2, -0.15) is 4.31 Å². The molecule has 0 aromatic heterocycles. The molecule has 38 heavy (non-hydrogen) atoms. The molecule has 9 heteroatoms. The number of ether oxygens (including phenoxy) is 2. The smallest absolute Gasteiger partial charge is 0.341 e. The highest BCUT2D eigenvalue weighted by Crippen LogP contribution is 2.68. The third-order valence-electron chi connectivity index (χ3n) is 8.40. The third-order valence-corrected chi connectivity index (χ3v) is 10.3. The first-order valence-electron chi connectivity index (χ1n) is 12.2. The Morgan fingerprint density at radius 3 is 1.97 bits per heavy atom. The summed E-state index contributed by atoms with van der Waals surface area (Å²) in [4.78, 5) is 28.0. The van der Waals surface area contributed by atoms with E-state index in [4.69, 9.17) is 9.47 Å². The zero-order chi connectivity index (χ0) is 27.5. The predicted molar refractivity (Wildman–Crippen MR) is 142 cm³/mol. The minimum absolute atomic E-state index is 0.0540. The van der Waals surface area contributed by atoms with Crippen molar-refractivity contribution in [3.8, 4) is 0 Å². The Morgan fingerprint density at radius 2 is 1.39 bits per heavy atom. The van der Waals surface area contributed by atoms with Crippen LogP contribution in [0.4, 0.5) is 5.69 Å². The molecule has 0 saturated carbocycles. The van der Waals surface area contributed by atoms with Gasteiger partial charge >= 0.3 is 11.9 Å². The zero-order valence-electron chi connectivity index (χ0n) is 21.9. The number of esters is 2. The number of hydrogen-bond acceptors (Lipinski definition) is 7. The maximum Gasteiger partial charge on any atom is 0.341 e. The average molecular weight is 535 g/mol.